The van der Waals surface area contributed by atoms with Gasteiger partial charge in [-0.15, -0.1) is 0 Å². The zero-order valence-electron chi connectivity index (χ0n) is 34.5. The topological polar surface area (TPSA) is 172 Å². The van der Waals surface area contributed by atoms with Crippen molar-refractivity contribution >= 4 is 22.1 Å². The number of hydrogen-bond acceptors (Lipinski definition) is 8. The molecule has 0 aromatic heterocycles. The summed E-state index contributed by atoms with van der Waals surface area (Å²) < 4.78 is 37.1. The van der Waals surface area contributed by atoms with Gasteiger partial charge in [-0.3, -0.25) is 4.79 Å². The van der Waals surface area contributed by atoms with E-state index in [0.717, 1.165) is 33.9 Å². The van der Waals surface area contributed by atoms with E-state index in [1.807, 2.05) is 73.7 Å². The standard InChI is InChI=1S/C24H28O4.C16H18O4S.C6H13N.Na/c1-17-15-18(13-14-21(17)19-10-6-5-7-11-19)9-8-12-20(23(26)27)16-22(25)28-24(2,3)4;1-12-11-13(8-10-16(17)21(18,19)20)7-9-15(12)14-5-3-2-4-6-14;7-6-4-2-1-3-5-6;/h5-7,10-15H,8-9,16H2,1-4H3,(H,26,27);2-7,9,11,16-17H,8,10H2,1H3,(H,18,19,20);6H,1-5,7H2;/q;;;+1/p-1/b20-12+;;;. The van der Waals surface area contributed by atoms with Crippen molar-refractivity contribution in [3.05, 3.63) is 131 Å². The molecule has 1 aliphatic carbocycles. The van der Waals surface area contributed by atoms with E-state index in [9.17, 15) is 32.8 Å². The second-order valence-corrected chi connectivity index (χ2v) is 16.9. The van der Waals surface area contributed by atoms with Crippen LogP contribution in [0.2, 0.25) is 0 Å². The van der Waals surface area contributed by atoms with E-state index in [-0.39, 0.29) is 48.0 Å². The first-order valence-corrected chi connectivity index (χ1v) is 20.8. The number of aryl methyl sites for hydroxylation is 4. The maximum Gasteiger partial charge on any atom is 1.00 e. The molecule has 57 heavy (non-hydrogen) atoms. The Morgan fingerprint density at radius 1 is 0.825 bits per heavy atom. The van der Waals surface area contributed by atoms with Crippen molar-refractivity contribution < 1.29 is 72.8 Å². The van der Waals surface area contributed by atoms with Gasteiger partial charge in [0.05, 0.1) is 18.4 Å². The number of aliphatic hydroxyl groups excluding tert-OH is 1. The molecule has 0 radical (unpaired) electrons. The number of carbonyl (C=O) groups is 2. The molecule has 1 fully saturated rings. The number of benzene rings is 4. The van der Waals surface area contributed by atoms with Crippen LogP contribution >= 0.6 is 0 Å². The van der Waals surface area contributed by atoms with Gasteiger partial charge in [0.1, 0.15) is 21.2 Å². The third-order valence-electron chi connectivity index (χ3n) is 9.33. The van der Waals surface area contributed by atoms with Gasteiger partial charge >= 0.3 is 35.5 Å². The first-order valence-electron chi connectivity index (χ1n) is 19.3. The average molecular weight is 808 g/mol. The molecule has 302 valence electrons. The molecule has 0 bridgehead atoms. The molecule has 1 atom stereocenters. The van der Waals surface area contributed by atoms with Crippen LogP contribution in [0.1, 0.15) is 94.4 Å². The molecule has 4 aromatic rings. The maximum absolute atomic E-state index is 11.9. The molecular formula is C46H58NNaO8S. The number of carboxylic acid groups (broad SMARTS) is 1. The number of carbonyl (C=O) groups excluding carboxylic acids is 2. The fourth-order valence-corrected chi connectivity index (χ4v) is 6.85. The quantitative estimate of drug-likeness (QED) is 0.0936. The van der Waals surface area contributed by atoms with Gasteiger partial charge in [-0.05, 0) is 136 Å². The first kappa shape index (κ1) is 49.5. The second-order valence-electron chi connectivity index (χ2n) is 15.3. The van der Waals surface area contributed by atoms with Gasteiger partial charge in [-0.2, -0.15) is 0 Å². The molecule has 5 rings (SSSR count). The number of esters is 1. The van der Waals surface area contributed by atoms with Crippen LogP contribution in [0.4, 0.5) is 0 Å². The first-order chi connectivity index (χ1) is 26.4. The van der Waals surface area contributed by atoms with Crippen molar-refractivity contribution in [2.45, 2.75) is 116 Å². The minimum absolute atomic E-state index is 0. The number of rotatable bonds is 12. The molecule has 1 unspecified atom stereocenters. The average Bonchev–Trinajstić information content (AvgIpc) is 3.14. The zero-order chi connectivity index (χ0) is 41.3. The van der Waals surface area contributed by atoms with Gasteiger partial charge in [0.25, 0.3) is 0 Å². The van der Waals surface area contributed by atoms with Gasteiger partial charge in [-0.1, -0.05) is 110 Å². The smallest absolute Gasteiger partial charge is 0.746 e. The van der Waals surface area contributed by atoms with E-state index in [0.29, 0.717) is 19.3 Å². The van der Waals surface area contributed by atoms with E-state index < -0.39 is 33.1 Å². The Kier molecular flexibility index (Phi) is 21.2. The largest absolute Gasteiger partial charge is 1.00 e. The Labute approximate surface area is 361 Å². The summed E-state index contributed by atoms with van der Waals surface area (Å²) in [7, 11) is -4.63. The van der Waals surface area contributed by atoms with Crippen LogP contribution in [0, 0.1) is 13.8 Å². The summed E-state index contributed by atoms with van der Waals surface area (Å²) in [6, 6.07) is 33.0. The summed E-state index contributed by atoms with van der Waals surface area (Å²) in [6.45, 7) is 9.28. The van der Waals surface area contributed by atoms with Gasteiger partial charge in [-0.25, -0.2) is 8.42 Å². The zero-order valence-corrected chi connectivity index (χ0v) is 37.3. The summed E-state index contributed by atoms with van der Waals surface area (Å²) in [6.07, 6.45) is 9.77. The van der Waals surface area contributed by atoms with Crippen molar-refractivity contribution in [1.82, 2.24) is 0 Å². The van der Waals surface area contributed by atoms with Crippen molar-refractivity contribution in [2.24, 2.45) is 0 Å². The van der Waals surface area contributed by atoms with E-state index in [4.69, 9.17) is 4.74 Å². The number of carboxylic acids is 1. The second kappa shape index (κ2) is 24.3. The summed E-state index contributed by atoms with van der Waals surface area (Å²) in [4.78, 5) is 23.2. The van der Waals surface area contributed by atoms with Crippen LogP contribution in [-0.2, 0) is 37.3 Å². The van der Waals surface area contributed by atoms with Gasteiger partial charge in [0.15, 0.2) is 0 Å². The number of aliphatic hydroxyl groups is 1. The monoisotopic (exact) mass is 807 g/mol. The summed E-state index contributed by atoms with van der Waals surface area (Å²) in [5, 5.41) is 20.6. The number of quaternary nitrogens is 1. The fourth-order valence-electron chi connectivity index (χ4n) is 6.44. The summed E-state index contributed by atoms with van der Waals surface area (Å²) >= 11 is 0. The minimum atomic E-state index is -4.63. The number of ether oxygens (including phenoxy) is 1. The van der Waals surface area contributed by atoms with Crippen LogP contribution in [-0.4, -0.2) is 47.1 Å². The van der Waals surface area contributed by atoms with E-state index in [1.54, 1.807) is 26.8 Å². The molecule has 4 aromatic carbocycles. The molecule has 9 nitrogen and oxygen atoms in total. The molecular weight excluding hydrogens is 750 g/mol. The van der Waals surface area contributed by atoms with Crippen LogP contribution < -0.4 is 40.4 Å². The van der Waals surface area contributed by atoms with Crippen molar-refractivity contribution in [3.8, 4) is 22.3 Å². The van der Waals surface area contributed by atoms with E-state index >= 15 is 0 Å². The Bertz CT molecular complexity index is 1990. The molecule has 0 spiro atoms. The normalized spacial score (nSPS) is 13.8. The van der Waals surface area contributed by atoms with Crippen LogP contribution in [0.25, 0.3) is 22.3 Å². The minimum Gasteiger partial charge on any atom is -0.746 e. The molecule has 0 aliphatic heterocycles. The van der Waals surface area contributed by atoms with Crippen molar-refractivity contribution in [2.75, 3.05) is 0 Å². The van der Waals surface area contributed by atoms with Crippen molar-refractivity contribution in [1.29, 1.82) is 0 Å². The molecule has 1 aliphatic rings. The predicted octanol–water partition coefficient (Wildman–Crippen LogP) is 4.03. The molecule has 4 N–H and O–H groups in total. The molecule has 0 amide bonds. The van der Waals surface area contributed by atoms with Gasteiger partial charge < -0.3 is 30.0 Å². The summed E-state index contributed by atoms with van der Waals surface area (Å²) in [5.41, 5.74) is 10.3. The number of aliphatic carboxylic acids is 1. The molecule has 0 heterocycles. The molecule has 0 saturated heterocycles. The molecule has 1 saturated carbocycles. The predicted molar refractivity (Wildman–Crippen MR) is 219 cm³/mol. The van der Waals surface area contributed by atoms with Gasteiger partial charge in [0, 0.05) is 0 Å². The van der Waals surface area contributed by atoms with Crippen LogP contribution in [0.15, 0.2) is 109 Å². The third kappa shape index (κ3) is 18.7. The third-order valence-corrected chi connectivity index (χ3v) is 10.2. The Morgan fingerprint density at radius 3 is 1.68 bits per heavy atom. The fraction of sp³-hybridized carbons (Fsp3) is 0.391. The van der Waals surface area contributed by atoms with E-state index in [2.05, 4.69) is 43.0 Å². The summed E-state index contributed by atoms with van der Waals surface area (Å²) in [5.74, 6) is -1.90. The van der Waals surface area contributed by atoms with Gasteiger partial charge in [0.2, 0.25) is 0 Å². The Hall–Kier alpha value is -3.61. The molecule has 11 heteroatoms. The maximum atomic E-state index is 11.9. The van der Waals surface area contributed by atoms with E-state index in [1.165, 1.54) is 48.8 Å². The van der Waals surface area contributed by atoms with Crippen LogP contribution in [0.5, 0.6) is 0 Å². The Balaban J connectivity index is 0.000000339. The number of hydrogen-bond donors (Lipinski definition) is 2. The van der Waals surface area contributed by atoms with Crippen molar-refractivity contribution in [3.63, 3.8) is 0 Å². The number of allylic oxidation sites excluding steroid dienone is 1. The van der Waals surface area contributed by atoms with Crippen LogP contribution in [0.3, 0.4) is 0 Å². The Morgan fingerprint density at radius 2 is 1.30 bits per heavy atom. The SMILES string of the molecule is Cc1cc(CC/C=C(\CC(=O)OC(C)(C)C)C(=O)[O-])ccc1-c1ccccc1.Cc1cc(CCC(O)S(=O)(=O)[O-])ccc1-c1ccccc1.[NH3+]C1CCCCC1.[Na+].